The van der Waals surface area contributed by atoms with Gasteiger partial charge in [0.05, 0.1) is 6.54 Å². The standard InChI is InChI=1S/C18H30N4O/c1-15-19-18(20-23-15)14-21(2)17-9-6-11-22(12-10-17)13-16-7-4-3-5-8-16/h3-4,16-17H,5-14H2,1-2H3/t16-,17+/m1/s1. The first-order valence-electron chi connectivity index (χ1n) is 9.07. The highest BCUT2D eigenvalue weighted by molar-refractivity contribution is 4.91. The molecule has 0 amide bonds. The molecular weight excluding hydrogens is 288 g/mol. The number of nitrogens with zero attached hydrogens (tertiary/aromatic N) is 4. The van der Waals surface area contributed by atoms with Crippen LogP contribution >= 0.6 is 0 Å². The van der Waals surface area contributed by atoms with Gasteiger partial charge in [-0.3, -0.25) is 4.90 Å². The maximum atomic E-state index is 5.08. The first-order valence-corrected chi connectivity index (χ1v) is 9.07. The first-order chi connectivity index (χ1) is 11.2. The van der Waals surface area contributed by atoms with Crippen LogP contribution in [-0.4, -0.2) is 52.7 Å². The molecule has 0 aromatic carbocycles. The summed E-state index contributed by atoms with van der Waals surface area (Å²) in [5.41, 5.74) is 0. The average Bonchev–Trinajstić information content (AvgIpc) is 2.82. The van der Waals surface area contributed by atoms with Crippen molar-refractivity contribution in [2.24, 2.45) is 5.92 Å². The molecule has 5 heteroatoms. The molecule has 1 aromatic heterocycles. The second-order valence-corrected chi connectivity index (χ2v) is 7.18. The Morgan fingerprint density at radius 3 is 2.91 bits per heavy atom. The smallest absolute Gasteiger partial charge is 0.223 e. The van der Waals surface area contributed by atoms with E-state index >= 15 is 0 Å². The fraction of sp³-hybridized carbons (Fsp3) is 0.778. The maximum Gasteiger partial charge on any atom is 0.223 e. The van der Waals surface area contributed by atoms with Crippen LogP contribution < -0.4 is 0 Å². The second kappa shape index (κ2) is 8.06. The van der Waals surface area contributed by atoms with Gasteiger partial charge in [-0.2, -0.15) is 4.98 Å². The van der Waals surface area contributed by atoms with Gasteiger partial charge < -0.3 is 9.42 Å². The van der Waals surface area contributed by atoms with Crippen molar-refractivity contribution in [2.45, 2.75) is 58.0 Å². The number of aryl methyl sites for hydroxylation is 1. The molecule has 1 aliphatic carbocycles. The molecule has 0 spiro atoms. The first kappa shape index (κ1) is 16.7. The molecule has 3 rings (SSSR count). The molecule has 2 aliphatic rings. The van der Waals surface area contributed by atoms with E-state index in [1.165, 1.54) is 58.2 Å². The lowest BCUT2D eigenvalue weighted by Crippen LogP contribution is -2.34. The van der Waals surface area contributed by atoms with Crippen LogP contribution in [0.5, 0.6) is 0 Å². The molecule has 2 heterocycles. The molecule has 2 atom stereocenters. The Bertz CT molecular complexity index is 513. The Morgan fingerprint density at radius 2 is 2.17 bits per heavy atom. The summed E-state index contributed by atoms with van der Waals surface area (Å²) in [5.74, 6) is 2.33. The van der Waals surface area contributed by atoms with E-state index in [9.17, 15) is 0 Å². The van der Waals surface area contributed by atoms with Gasteiger partial charge in [-0.25, -0.2) is 0 Å². The predicted molar refractivity (Wildman–Crippen MR) is 91.1 cm³/mol. The van der Waals surface area contributed by atoms with Crippen molar-refractivity contribution in [1.29, 1.82) is 0 Å². The lowest BCUT2D eigenvalue weighted by molar-refractivity contribution is 0.193. The van der Waals surface area contributed by atoms with Crippen molar-refractivity contribution in [3.8, 4) is 0 Å². The number of rotatable bonds is 5. The molecule has 128 valence electrons. The molecule has 0 unspecified atom stereocenters. The zero-order valence-electron chi connectivity index (χ0n) is 14.6. The van der Waals surface area contributed by atoms with E-state index in [2.05, 4.69) is 39.1 Å². The minimum atomic E-state index is 0.630. The highest BCUT2D eigenvalue weighted by Crippen LogP contribution is 2.22. The summed E-state index contributed by atoms with van der Waals surface area (Å²) in [4.78, 5) is 9.42. The summed E-state index contributed by atoms with van der Waals surface area (Å²) < 4.78 is 5.08. The Labute approximate surface area is 139 Å². The topological polar surface area (TPSA) is 45.4 Å². The summed E-state index contributed by atoms with van der Waals surface area (Å²) in [5, 5.41) is 4.02. The summed E-state index contributed by atoms with van der Waals surface area (Å²) in [6.45, 7) is 6.40. The van der Waals surface area contributed by atoms with Crippen molar-refractivity contribution in [3.63, 3.8) is 0 Å². The molecule has 1 aromatic rings. The molecular formula is C18H30N4O. The average molecular weight is 318 g/mol. The van der Waals surface area contributed by atoms with Crippen molar-refractivity contribution in [1.82, 2.24) is 19.9 Å². The van der Waals surface area contributed by atoms with Crippen LogP contribution in [0.25, 0.3) is 0 Å². The fourth-order valence-corrected chi connectivity index (χ4v) is 3.91. The van der Waals surface area contributed by atoms with Crippen LogP contribution in [0.3, 0.4) is 0 Å². The Balaban J connectivity index is 1.46. The van der Waals surface area contributed by atoms with Crippen LogP contribution in [0.1, 0.15) is 50.2 Å². The van der Waals surface area contributed by atoms with E-state index in [-0.39, 0.29) is 0 Å². The van der Waals surface area contributed by atoms with E-state index < -0.39 is 0 Å². The highest BCUT2D eigenvalue weighted by atomic mass is 16.5. The van der Waals surface area contributed by atoms with Crippen molar-refractivity contribution >= 4 is 0 Å². The van der Waals surface area contributed by atoms with Crippen LogP contribution in [0.2, 0.25) is 0 Å². The number of hydrogen-bond acceptors (Lipinski definition) is 5. The number of likely N-dealkylation sites (tertiary alicyclic amines) is 1. The molecule has 23 heavy (non-hydrogen) atoms. The zero-order valence-corrected chi connectivity index (χ0v) is 14.6. The summed E-state index contributed by atoms with van der Waals surface area (Å²) in [7, 11) is 2.19. The number of aromatic nitrogens is 2. The fourth-order valence-electron chi connectivity index (χ4n) is 3.91. The maximum absolute atomic E-state index is 5.08. The van der Waals surface area contributed by atoms with Crippen LogP contribution in [0.15, 0.2) is 16.7 Å². The summed E-state index contributed by atoms with van der Waals surface area (Å²) in [6, 6.07) is 0.630. The van der Waals surface area contributed by atoms with Crippen molar-refractivity contribution in [2.75, 3.05) is 26.7 Å². The van der Waals surface area contributed by atoms with Crippen LogP contribution in [0.4, 0.5) is 0 Å². The third kappa shape index (κ3) is 4.88. The molecule has 0 bridgehead atoms. The molecule has 1 saturated heterocycles. The van der Waals surface area contributed by atoms with Crippen molar-refractivity contribution < 1.29 is 4.52 Å². The van der Waals surface area contributed by atoms with Gasteiger partial charge in [-0.15, -0.1) is 0 Å². The lowest BCUT2D eigenvalue weighted by Gasteiger charge is -2.28. The largest absolute Gasteiger partial charge is 0.340 e. The van der Waals surface area contributed by atoms with Gasteiger partial charge in [-0.05, 0) is 64.6 Å². The van der Waals surface area contributed by atoms with Crippen molar-refractivity contribution in [3.05, 3.63) is 23.9 Å². The van der Waals surface area contributed by atoms with Crippen LogP contribution in [0, 0.1) is 12.8 Å². The van der Waals surface area contributed by atoms with Gasteiger partial charge in [0.1, 0.15) is 0 Å². The zero-order chi connectivity index (χ0) is 16.1. The minimum absolute atomic E-state index is 0.630. The normalized spacial score (nSPS) is 26.6. The van der Waals surface area contributed by atoms with E-state index in [1.54, 1.807) is 0 Å². The summed E-state index contributed by atoms with van der Waals surface area (Å²) in [6.07, 6.45) is 12.4. The monoisotopic (exact) mass is 318 g/mol. The molecule has 1 fully saturated rings. The molecule has 5 nitrogen and oxygen atoms in total. The Morgan fingerprint density at radius 1 is 1.26 bits per heavy atom. The van der Waals surface area contributed by atoms with Gasteiger partial charge in [0.25, 0.3) is 0 Å². The SMILES string of the molecule is Cc1nc(CN(C)[C@H]2CCCN(C[C@@H]3CC=CCC3)CC2)no1. The van der Waals surface area contributed by atoms with Gasteiger partial charge in [0, 0.05) is 19.5 Å². The quantitative estimate of drug-likeness (QED) is 0.781. The second-order valence-electron chi connectivity index (χ2n) is 7.18. The Hall–Kier alpha value is -1.20. The molecule has 0 saturated carbocycles. The minimum Gasteiger partial charge on any atom is -0.340 e. The third-order valence-corrected chi connectivity index (χ3v) is 5.27. The summed E-state index contributed by atoms with van der Waals surface area (Å²) >= 11 is 0. The molecule has 0 radical (unpaired) electrons. The molecule has 0 N–H and O–H groups in total. The third-order valence-electron chi connectivity index (χ3n) is 5.27. The van der Waals surface area contributed by atoms with E-state index in [0.717, 1.165) is 18.3 Å². The predicted octanol–water partition coefficient (Wildman–Crippen LogP) is 3.02. The van der Waals surface area contributed by atoms with E-state index in [4.69, 9.17) is 4.52 Å². The number of allylic oxidation sites excluding steroid dienone is 2. The highest BCUT2D eigenvalue weighted by Gasteiger charge is 2.23. The number of hydrogen-bond donors (Lipinski definition) is 0. The Kier molecular flexibility index (Phi) is 5.84. The van der Waals surface area contributed by atoms with Crippen LogP contribution in [-0.2, 0) is 6.54 Å². The van der Waals surface area contributed by atoms with Gasteiger partial charge in [0.2, 0.25) is 5.89 Å². The van der Waals surface area contributed by atoms with Gasteiger partial charge in [-0.1, -0.05) is 17.3 Å². The van der Waals surface area contributed by atoms with E-state index in [0.29, 0.717) is 11.9 Å². The molecule has 1 aliphatic heterocycles. The lowest BCUT2D eigenvalue weighted by atomic mass is 9.94. The van der Waals surface area contributed by atoms with Gasteiger partial charge in [0.15, 0.2) is 5.82 Å². The van der Waals surface area contributed by atoms with E-state index in [1.807, 2.05) is 6.92 Å². The van der Waals surface area contributed by atoms with Gasteiger partial charge >= 0.3 is 0 Å².